The van der Waals surface area contributed by atoms with Crippen LogP contribution in [0.2, 0.25) is 0 Å². The average molecular weight is 753 g/mol. The van der Waals surface area contributed by atoms with Crippen molar-refractivity contribution in [2.75, 3.05) is 0 Å². The second-order valence-corrected chi connectivity index (χ2v) is 16.7. The van der Waals surface area contributed by atoms with Crippen LogP contribution in [0.3, 0.4) is 0 Å². The average Bonchev–Trinajstić information content (AvgIpc) is 3.91. The van der Waals surface area contributed by atoms with Crippen molar-refractivity contribution in [2.24, 2.45) is 0 Å². The van der Waals surface area contributed by atoms with Gasteiger partial charge in [0.15, 0.2) is 0 Å². The van der Waals surface area contributed by atoms with Gasteiger partial charge in [-0.2, -0.15) is 0 Å². The molecule has 0 atom stereocenters. The van der Waals surface area contributed by atoms with Gasteiger partial charge in [-0.15, -0.1) is 0 Å². The van der Waals surface area contributed by atoms with Crippen molar-refractivity contribution in [1.82, 2.24) is 0 Å². The molecule has 0 fully saturated rings. The van der Waals surface area contributed by atoms with Crippen LogP contribution < -0.4 is 0 Å². The normalized spacial score (nSPS) is 13.4. The molecule has 0 bridgehead atoms. The quantitative estimate of drug-likeness (QED) is 0.168. The molecule has 0 spiro atoms. The molecule has 2 heteroatoms. The van der Waals surface area contributed by atoms with Crippen molar-refractivity contribution in [1.29, 1.82) is 0 Å². The summed E-state index contributed by atoms with van der Waals surface area (Å²) in [6.45, 7) is 4.76. The van der Waals surface area contributed by atoms with Crippen LogP contribution in [-0.4, -0.2) is 0 Å². The van der Waals surface area contributed by atoms with Gasteiger partial charge < -0.3 is 8.83 Å². The lowest BCUT2D eigenvalue weighted by Crippen LogP contribution is -2.15. The summed E-state index contributed by atoms with van der Waals surface area (Å²) >= 11 is 0. The van der Waals surface area contributed by atoms with E-state index in [2.05, 4.69) is 184 Å². The number of furan rings is 2. The van der Waals surface area contributed by atoms with Gasteiger partial charge in [0.2, 0.25) is 0 Å². The van der Waals surface area contributed by atoms with Crippen molar-refractivity contribution >= 4 is 76.2 Å². The van der Waals surface area contributed by atoms with Crippen molar-refractivity contribution < 1.29 is 8.83 Å². The first-order chi connectivity index (χ1) is 29.0. The second kappa shape index (κ2) is 11.8. The third kappa shape index (κ3) is 4.46. The molecule has 2 heterocycles. The molecule has 2 aromatic heterocycles. The molecule has 1 aliphatic rings. The van der Waals surface area contributed by atoms with Crippen LogP contribution in [-0.2, 0) is 5.41 Å². The minimum absolute atomic E-state index is 0.212. The van der Waals surface area contributed by atoms with E-state index in [-0.39, 0.29) is 5.41 Å². The minimum atomic E-state index is -0.212. The van der Waals surface area contributed by atoms with E-state index in [0.29, 0.717) is 0 Å². The number of rotatable bonds is 3. The van der Waals surface area contributed by atoms with E-state index in [9.17, 15) is 0 Å². The Hall–Kier alpha value is -7.42. The third-order valence-electron chi connectivity index (χ3n) is 13.3. The van der Waals surface area contributed by atoms with Gasteiger partial charge in [0.05, 0.1) is 0 Å². The molecule has 10 aromatic carbocycles. The van der Waals surface area contributed by atoms with Crippen molar-refractivity contribution in [3.8, 4) is 44.5 Å². The van der Waals surface area contributed by atoms with Crippen LogP contribution in [0.1, 0.15) is 25.0 Å². The number of benzene rings is 10. The zero-order valence-electron chi connectivity index (χ0n) is 32.6. The third-order valence-corrected chi connectivity index (χ3v) is 13.3. The standard InChI is InChI=1S/C57H36O2/c1-57(2)47-29-27-34(53-55-44-22-10-12-25-50(44)58-51(55)32-46-38-17-9-11-24-49(38)59-56(46)53)30-45(47)37-28-26-35(31-48(37)57)52-40-18-5-7-20-42(40)54(43-21-8-6-19-41(43)52)39-23-13-15-33-14-3-4-16-36(33)39/h3-32H,1-2H3. The SMILES string of the molecule is CC1(C)c2ccc(-c3c4oc5ccccc5c4cc4oc5ccccc5c34)cc2-c2ccc(-c3c4ccccc4c(-c4cccc5ccccc45)c4ccccc34)cc21. The summed E-state index contributed by atoms with van der Waals surface area (Å²) < 4.78 is 13.3. The number of hydrogen-bond donors (Lipinski definition) is 0. The maximum Gasteiger partial charge on any atom is 0.144 e. The van der Waals surface area contributed by atoms with Gasteiger partial charge in [-0.1, -0.05) is 166 Å². The van der Waals surface area contributed by atoms with Crippen LogP contribution in [0.5, 0.6) is 0 Å². The monoisotopic (exact) mass is 752 g/mol. The van der Waals surface area contributed by atoms with E-state index in [1.165, 1.54) is 76.8 Å². The predicted octanol–water partition coefficient (Wildman–Crippen LogP) is 16.3. The van der Waals surface area contributed by atoms with E-state index in [1.807, 2.05) is 12.1 Å². The Morgan fingerprint density at radius 3 is 1.66 bits per heavy atom. The second-order valence-electron chi connectivity index (χ2n) is 16.7. The van der Waals surface area contributed by atoms with E-state index >= 15 is 0 Å². The van der Waals surface area contributed by atoms with Crippen LogP contribution >= 0.6 is 0 Å². The van der Waals surface area contributed by atoms with E-state index in [4.69, 9.17) is 8.83 Å². The smallest absolute Gasteiger partial charge is 0.144 e. The summed E-state index contributed by atoms with van der Waals surface area (Å²) in [5.41, 5.74) is 15.8. The Kier molecular flexibility index (Phi) is 6.54. The van der Waals surface area contributed by atoms with Gasteiger partial charge in [-0.05, 0) is 113 Å². The maximum atomic E-state index is 6.75. The first-order valence-corrected chi connectivity index (χ1v) is 20.5. The zero-order valence-corrected chi connectivity index (χ0v) is 32.6. The summed E-state index contributed by atoms with van der Waals surface area (Å²) in [7, 11) is 0. The van der Waals surface area contributed by atoms with Crippen molar-refractivity contribution in [3.63, 3.8) is 0 Å². The molecule has 0 amide bonds. The first kappa shape index (κ1) is 32.6. The molecule has 1 aliphatic carbocycles. The molecule has 0 radical (unpaired) electrons. The van der Waals surface area contributed by atoms with Gasteiger partial charge >= 0.3 is 0 Å². The van der Waals surface area contributed by atoms with Gasteiger partial charge in [-0.3, -0.25) is 0 Å². The Morgan fingerprint density at radius 1 is 0.339 bits per heavy atom. The fourth-order valence-electron chi connectivity index (χ4n) is 10.6. The zero-order chi connectivity index (χ0) is 39.0. The summed E-state index contributed by atoms with van der Waals surface area (Å²) in [4.78, 5) is 0. The molecular formula is C57H36O2. The number of para-hydroxylation sites is 2. The molecule has 0 saturated heterocycles. The highest BCUT2D eigenvalue weighted by molar-refractivity contribution is 6.25. The summed E-state index contributed by atoms with van der Waals surface area (Å²) in [6.07, 6.45) is 0. The molecule has 12 aromatic rings. The lowest BCUT2D eigenvalue weighted by molar-refractivity contribution is 0.660. The van der Waals surface area contributed by atoms with Crippen LogP contribution in [0.15, 0.2) is 191 Å². The van der Waals surface area contributed by atoms with E-state index in [1.54, 1.807) is 0 Å². The Balaban J connectivity index is 1.04. The van der Waals surface area contributed by atoms with Crippen LogP contribution in [0.4, 0.5) is 0 Å². The van der Waals surface area contributed by atoms with E-state index < -0.39 is 0 Å². The minimum Gasteiger partial charge on any atom is -0.456 e. The number of fused-ring (bicyclic) bond motifs is 12. The van der Waals surface area contributed by atoms with Gasteiger partial charge in [0.1, 0.15) is 22.3 Å². The Bertz CT molecular complexity index is 3690. The highest BCUT2D eigenvalue weighted by Crippen LogP contribution is 2.54. The topological polar surface area (TPSA) is 26.3 Å². The van der Waals surface area contributed by atoms with Crippen LogP contribution in [0.25, 0.3) is 121 Å². The highest BCUT2D eigenvalue weighted by atomic mass is 16.3. The fraction of sp³-hybridized carbons (Fsp3) is 0.0526. The highest BCUT2D eigenvalue weighted by Gasteiger charge is 2.36. The Labute approximate surface area is 340 Å². The largest absolute Gasteiger partial charge is 0.456 e. The molecule has 13 rings (SSSR count). The molecule has 0 saturated carbocycles. The molecule has 276 valence electrons. The summed E-state index contributed by atoms with van der Waals surface area (Å²) in [6, 6.07) is 66.5. The van der Waals surface area contributed by atoms with Crippen molar-refractivity contribution in [3.05, 3.63) is 193 Å². The van der Waals surface area contributed by atoms with Crippen LogP contribution in [0, 0.1) is 0 Å². The van der Waals surface area contributed by atoms with Gasteiger partial charge in [0, 0.05) is 32.5 Å². The lowest BCUT2D eigenvalue weighted by atomic mass is 9.80. The fourth-order valence-corrected chi connectivity index (χ4v) is 10.6. The maximum absolute atomic E-state index is 6.75. The molecule has 0 unspecified atom stereocenters. The lowest BCUT2D eigenvalue weighted by Gasteiger charge is -2.23. The number of hydrogen-bond acceptors (Lipinski definition) is 2. The van der Waals surface area contributed by atoms with E-state index in [0.717, 1.165) is 55.0 Å². The van der Waals surface area contributed by atoms with Gasteiger partial charge in [0.25, 0.3) is 0 Å². The molecule has 0 aliphatic heterocycles. The molecule has 0 N–H and O–H groups in total. The Morgan fingerprint density at radius 2 is 0.915 bits per heavy atom. The molecule has 59 heavy (non-hydrogen) atoms. The molecular weight excluding hydrogens is 717 g/mol. The first-order valence-electron chi connectivity index (χ1n) is 20.5. The van der Waals surface area contributed by atoms with Gasteiger partial charge in [-0.25, -0.2) is 0 Å². The molecule has 2 nitrogen and oxygen atoms in total. The summed E-state index contributed by atoms with van der Waals surface area (Å²) in [5.74, 6) is 0. The predicted molar refractivity (Wildman–Crippen MR) is 247 cm³/mol. The van der Waals surface area contributed by atoms with Crippen molar-refractivity contribution in [2.45, 2.75) is 19.3 Å². The summed E-state index contributed by atoms with van der Waals surface area (Å²) in [5, 5.41) is 11.9.